The van der Waals surface area contributed by atoms with Gasteiger partial charge in [0, 0.05) is 44.5 Å². The van der Waals surface area contributed by atoms with Crippen LogP contribution in [-0.4, -0.2) is 47.0 Å². The molecule has 1 atom stereocenters. The number of carbonyl (C=O) groups excluding carboxylic acids is 1. The molecule has 1 aromatic heterocycles. The molecule has 7 heteroatoms. The number of anilines is 3. The number of aromatic nitrogens is 2. The van der Waals surface area contributed by atoms with Crippen LogP contribution in [0.4, 0.5) is 17.5 Å². The van der Waals surface area contributed by atoms with Crippen molar-refractivity contribution in [3.63, 3.8) is 0 Å². The lowest BCUT2D eigenvalue weighted by Gasteiger charge is -2.24. The number of amides is 1. The number of nitriles is 1. The van der Waals surface area contributed by atoms with E-state index in [2.05, 4.69) is 28.2 Å². The third-order valence-electron chi connectivity index (χ3n) is 5.05. The second kappa shape index (κ2) is 8.70. The number of benzene rings is 1. The van der Waals surface area contributed by atoms with Gasteiger partial charge in [-0.1, -0.05) is 19.4 Å². The molecule has 1 unspecified atom stereocenters. The lowest BCUT2D eigenvalue weighted by Crippen LogP contribution is -2.37. The maximum atomic E-state index is 11.7. The molecular weight excluding hydrogens is 352 g/mol. The van der Waals surface area contributed by atoms with E-state index < -0.39 is 0 Å². The van der Waals surface area contributed by atoms with E-state index in [-0.39, 0.29) is 11.9 Å². The standard InChI is InChI=1S/C21H26N6O/c1-4-6-17-12-20(27-10-9-19(14-27)26(3)15(2)28)25-21(23-17)24-18-8-5-7-16(11-18)13-22/h5,7-8,11-12,19H,4,6,9-10,14H2,1-3H3,(H,23,24,25). The average Bonchev–Trinajstić information content (AvgIpc) is 3.17. The molecule has 1 aliphatic heterocycles. The van der Waals surface area contributed by atoms with E-state index in [1.807, 2.05) is 25.2 Å². The third-order valence-corrected chi connectivity index (χ3v) is 5.05. The monoisotopic (exact) mass is 378 g/mol. The third kappa shape index (κ3) is 4.58. The Morgan fingerprint density at radius 2 is 2.21 bits per heavy atom. The van der Waals surface area contributed by atoms with Crippen molar-refractivity contribution in [2.45, 2.75) is 39.2 Å². The zero-order valence-corrected chi connectivity index (χ0v) is 16.6. The van der Waals surface area contributed by atoms with Gasteiger partial charge in [0.15, 0.2) is 0 Å². The minimum atomic E-state index is 0.0842. The summed E-state index contributed by atoms with van der Waals surface area (Å²) < 4.78 is 0. The van der Waals surface area contributed by atoms with Gasteiger partial charge in [0.25, 0.3) is 0 Å². The molecule has 3 rings (SSSR count). The first kappa shape index (κ1) is 19.6. The fraction of sp³-hybridized carbons (Fsp3) is 0.429. The highest BCUT2D eigenvalue weighted by Gasteiger charge is 2.28. The van der Waals surface area contributed by atoms with E-state index >= 15 is 0 Å². The van der Waals surface area contributed by atoms with Crippen molar-refractivity contribution in [2.75, 3.05) is 30.4 Å². The van der Waals surface area contributed by atoms with Crippen molar-refractivity contribution in [2.24, 2.45) is 0 Å². The Balaban J connectivity index is 1.83. The molecule has 1 saturated heterocycles. The van der Waals surface area contributed by atoms with Crippen molar-refractivity contribution in [1.29, 1.82) is 5.26 Å². The quantitative estimate of drug-likeness (QED) is 0.831. The Kier molecular flexibility index (Phi) is 6.09. The number of likely N-dealkylation sites (N-methyl/N-ethyl adjacent to an activating group) is 1. The first-order valence-electron chi connectivity index (χ1n) is 9.63. The van der Waals surface area contributed by atoms with Crippen molar-refractivity contribution in [1.82, 2.24) is 14.9 Å². The van der Waals surface area contributed by atoms with E-state index in [4.69, 9.17) is 10.2 Å². The number of nitrogens with zero attached hydrogens (tertiary/aromatic N) is 5. The highest BCUT2D eigenvalue weighted by molar-refractivity contribution is 5.73. The van der Waals surface area contributed by atoms with Gasteiger partial charge >= 0.3 is 0 Å². The van der Waals surface area contributed by atoms with Gasteiger partial charge in [0.2, 0.25) is 11.9 Å². The number of hydrogen-bond donors (Lipinski definition) is 1. The number of rotatable bonds is 6. The Morgan fingerprint density at radius 3 is 2.93 bits per heavy atom. The maximum absolute atomic E-state index is 11.7. The molecule has 0 spiro atoms. The summed E-state index contributed by atoms with van der Waals surface area (Å²) in [6, 6.07) is 11.7. The molecule has 2 heterocycles. The zero-order chi connectivity index (χ0) is 20.1. The molecule has 1 fully saturated rings. The fourth-order valence-electron chi connectivity index (χ4n) is 3.40. The zero-order valence-electron chi connectivity index (χ0n) is 16.6. The molecule has 0 bridgehead atoms. The lowest BCUT2D eigenvalue weighted by molar-refractivity contribution is -0.129. The van der Waals surface area contributed by atoms with Crippen molar-refractivity contribution in [3.05, 3.63) is 41.6 Å². The first-order chi connectivity index (χ1) is 13.5. The van der Waals surface area contributed by atoms with Crippen LogP contribution in [0.15, 0.2) is 30.3 Å². The summed E-state index contributed by atoms with van der Waals surface area (Å²) in [4.78, 5) is 25.0. The van der Waals surface area contributed by atoms with Crippen LogP contribution in [-0.2, 0) is 11.2 Å². The largest absolute Gasteiger partial charge is 0.354 e. The van der Waals surface area contributed by atoms with Gasteiger partial charge in [-0.2, -0.15) is 10.2 Å². The van der Waals surface area contributed by atoms with Gasteiger partial charge in [-0.15, -0.1) is 0 Å². The molecule has 1 N–H and O–H groups in total. The van der Waals surface area contributed by atoms with Crippen LogP contribution in [0, 0.1) is 11.3 Å². The van der Waals surface area contributed by atoms with Gasteiger partial charge < -0.3 is 15.1 Å². The fourth-order valence-corrected chi connectivity index (χ4v) is 3.40. The SMILES string of the molecule is CCCc1cc(N2CCC(N(C)C(C)=O)C2)nc(Nc2cccc(C#N)c2)n1. The molecule has 146 valence electrons. The van der Waals surface area contributed by atoms with Gasteiger partial charge in [-0.3, -0.25) is 4.79 Å². The molecule has 28 heavy (non-hydrogen) atoms. The molecule has 1 amide bonds. The second-order valence-electron chi connectivity index (χ2n) is 7.13. The van der Waals surface area contributed by atoms with Crippen LogP contribution in [0.3, 0.4) is 0 Å². The summed E-state index contributed by atoms with van der Waals surface area (Å²) in [5, 5.41) is 12.3. The number of nitrogens with one attached hydrogen (secondary N) is 1. The average molecular weight is 378 g/mol. The summed E-state index contributed by atoms with van der Waals surface area (Å²) >= 11 is 0. The van der Waals surface area contributed by atoms with Gasteiger partial charge in [-0.25, -0.2) is 4.98 Å². The molecule has 2 aromatic rings. The summed E-state index contributed by atoms with van der Waals surface area (Å²) in [6.07, 6.45) is 2.79. The Hall–Kier alpha value is -3.14. The highest BCUT2D eigenvalue weighted by Crippen LogP contribution is 2.24. The van der Waals surface area contributed by atoms with E-state index in [9.17, 15) is 4.79 Å². The summed E-state index contributed by atoms with van der Waals surface area (Å²) in [7, 11) is 1.86. The molecule has 0 saturated carbocycles. The van der Waals surface area contributed by atoms with Crippen LogP contribution in [0.5, 0.6) is 0 Å². The van der Waals surface area contributed by atoms with Gasteiger partial charge in [0.05, 0.1) is 17.7 Å². The van der Waals surface area contributed by atoms with Gasteiger partial charge in [-0.05, 0) is 31.0 Å². The van der Waals surface area contributed by atoms with E-state index in [1.54, 1.807) is 24.0 Å². The topological polar surface area (TPSA) is 85.1 Å². The summed E-state index contributed by atoms with van der Waals surface area (Å²) in [6.45, 7) is 5.35. The molecular formula is C21H26N6O. The van der Waals surface area contributed by atoms with E-state index in [1.165, 1.54) is 0 Å². The van der Waals surface area contributed by atoms with E-state index in [0.717, 1.165) is 49.6 Å². The molecule has 1 aromatic carbocycles. The predicted octanol–water partition coefficient (Wildman–Crippen LogP) is 3.10. The number of hydrogen-bond acceptors (Lipinski definition) is 6. The second-order valence-corrected chi connectivity index (χ2v) is 7.13. The Morgan fingerprint density at radius 1 is 1.39 bits per heavy atom. The summed E-state index contributed by atoms with van der Waals surface area (Å²) in [5.41, 5.74) is 2.36. The van der Waals surface area contributed by atoms with Crippen LogP contribution in [0.1, 0.15) is 37.9 Å². The van der Waals surface area contributed by atoms with Crippen LogP contribution in [0.2, 0.25) is 0 Å². The summed E-state index contributed by atoms with van der Waals surface area (Å²) in [5.74, 6) is 1.48. The molecule has 0 radical (unpaired) electrons. The number of aryl methyl sites for hydroxylation is 1. The molecule has 0 aliphatic carbocycles. The highest BCUT2D eigenvalue weighted by atomic mass is 16.2. The molecule has 1 aliphatic rings. The lowest BCUT2D eigenvalue weighted by atomic mass is 10.2. The van der Waals surface area contributed by atoms with E-state index in [0.29, 0.717) is 11.5 Å². The molecule has 7 nitrogen and oxygen atoms in total. The van der Waals surface area contributed by atoms with Crippen LogP contribution < -0.4 is 10.2 Å². The normalized spacial score (nSPS) is 15.9. The van der Waals surface area contributed by atoms with Crippen LogP contribution >= 0.6 is 0 Å². The smallest absolute Gasteiger partial charge is 0.229 e. The maximum Gasteiger partial charge on any atom is 0.229 e. The van der Waals surface area contributed by atoms with Gasteiger partial charge in [0.1, 0.15) is 5.82 Å². The Labute approximate surface area is 166 Å². The number of carbonyl (C=O) groups is 1. The first-order valence-corrected chi connectivity index (χ1v) is 9.63. The minimum absolute atomic E-state index is 0.0842. The predicted molar refractivity (Wildman–Crippen MR) is 110 cm³/mol. The van der Waals surface area contributed by atoms with Crippen molar-refractivity contribution in [3.8, 4) is 6.07 Å². The minimum Gasteiger partial charge on any atom is -0.354 e. The van der Waals surface area contributed by atoms with Crippen molar-refractivity contribution >= 4 is 23.4 Å². The van der Waals surface area contributed by atoms with Crippen molar-refractivity contribution < 1.29 is 4.79 Å². The van der Waals surface area contributed by atoms with Crippen LogP contribution in [0.25, 0.3) is 0 Å². The Bertz CT molecular complexity index is 891.